The largest absolute Gasteiger partial charge is 0.491 e. The Labute approximate surface area is 314 Å². The van der Waals surface area contributed by atoms with Gasteiger partial charge < -0.3 is 14.5 Å². The summed E-state index contributed by atoms with van der Waals surface area (Å²) in [4.78, 5) is 5.28. The molecule has 0 saturated heterocycles. The third-order valence-corrected chi connectivity index (χ3v) is 11.3. The summed E-state index contributed by atoms with van der Waals surface area (Å²) >= 11 is 0. The van der Waals surface area contributed by atoms with Crippen LogP contribution in [0.2, 0.25) is 0 Å². The summed E-state index contributed by atoms with van der Waals surface area (Å²) in [6, 6.07) is 25.5. The Kier molecular flexibility index (Phi) is 10.2. The summed E-state index contributed by atoms with van der Waals surface area (Å²) in [6.07, 6.45) is 32.1. The Morgan fingerprint density at radius 3 is 2.64 bits per heavy atom. The third kappa shape index (κ3) is 7.40. The molecule has 4 aromatic rings. The maximum atomic E-state index is 6.39. The fraction of sp³-hybridized carbons (Fsp3) is 0.286. The van der Waals surface area contributed by atoms with E-state index in [1.54, 1.807) is 0 Å². The smallest absolute Gasteiger partial charge is 0.135 e. The first-order valence-electron chi connectivity index (χ1n) is 19.4. The third-order valence-electron chi connectivity index (χ3n) is 11.3. The highest BCUT2D eigenvalue weighted by Gasteiger charge is 2.34. The molecule has 1 aromatic heterocycles. The standard InChI is InChI=1S/C49H48N2O2/c1-4-6-17-34(5-2)49-50-44(35-18-10-8-11-19-35)32-45(51-49)42-30-36(37-25-27-46-39(29-37)20-12-7-9-16-33(3)52-46)21-15-23-40(42)38-26-28-48-43(31-38)41-22-13-14-24-47(41)53-48/h2,7-16,18-19,21-22,24,26,28,30-32,34,37,39,46,49,51H,3-4,6,17,20,23,25,27,29H2,1H3/b12-7-,16-9-/t34?,37-,39?,46?,49?/m0/s1. The topological polar surface area (TPSA) is 46.8 Å². The molecule has 1 saturated carbocycles. The monoisotopic (exact) mass is 696 g/mol. The fourth-order valence-electron chi connectivity index (χ4n) is 8.50. The second kappa shape index (κ2) is 15.6. The lowest BCUT2D eigenvalue weighted by Gasteiger charge is -2.36. The Morgan fingerprint density at radius 2 is 1.77 bits per heavy atom. The molecule has 4 nitrogen and oxygen atoms in total. The fourth-order valence-corrected chi connectivity index (χ4v) is 8.50. The molecule has 0 spiro atoms. The van der Waals surface area contributed by atoms with Crippen molar-refractivity contribution in [2.45, 2.75) is 70.6 Å². The van der Waals surface area contributed by atoms with E-state index in [1.165, 1.54) is 22.3 Å². The van der Waals surface area contributed by atoms with Crippen LogP contribution >= 0.6 is 0 Å². The molecule has 4 unspecified atom stereocenters. The van der Waals surface area contributed by atoms with Crippen molar-refractivity contribution in [2.75, 3.05) is 0 Å². The Hall–Kier alpha value is -5.53. The van der Waals surface area contributed by atoms with E-state index in [1.807, 2.05) is 24.3 Å². The van der Waals surface area contributed by atoms with Crippen LogP contribution in [0, 0.1) is 30.1 Å². The van der Waals surface area contributed by atoms with Crippen molar-refractivity contribution in [2.24, 2.45) is 22.7 Å². The van der Waals surface area contributed by atoms with Gasteiger partial charge in [0.15, 0.2) is 0 Å². The molecule has 1 fully saturated rings. The molecule has 53 heavy (non-hydrogen) atoms. The van der Waals surface area contributed by atoms with Crippen molar-refractivity contribution in [1.29, 1.82) is 0 Å². The van der Waals surface area contributed by atoms with Gasteiger partial charge in [0.1, 0.15) is 29.2 Å². The molecule has 1 N–H and O–H groups in total. The number of fused-ring (bicyclic) bond motifs is 4. The lowest BCUT2D eigenvalue weighted by Crippen LogP contribution is -2.38. The molecule has 4 aliphatic rings. The van der Waals surface area contributed by atoms with Gasteiger partial charge in [-0.15, -0.1) is 6.42 Å². The molecular weight excluding hydrogens is 649 g/mol. The van der Waals surface area contributed by atoms with Crippen LogP contribution in [-0.4, -0.2) is 18.0 Å². The first kappa shape index (κ1) is 34.6. The molecule has 3 aromatic carbocycles. The van der Waals surface area contributed by atoms with Crippen LogP contribution in [0.4, 0.5) is 0 Å². The van der Waals surface area contributed by atoms with E-state index in [9.17, 15) is 0 Å². The minimum Gasteiger partial charge on any atom is -0.491 e. The van der Waals surface area contributed by atoms with Crippen molar-refractivity contribution in [3.8, 4) is 12.3 Å². The molecule has 0 amide bonds. The van der Waals surface area contributed by atoms with Crippen LogP contribution in [0.15, 0.2) is 160 Å². The summed E-state index contributed by atoms with van der Waals surface area (Å²) in [5.41, 5.74) is 9.95. The number of nitrogens with one attached hydrogen (secondary N) is 1. The number of aliphatic imine (C=N–C) groups is 1. The lowest BCUT2D eigenvalue weighted by atomic mass is 9.74. The van der Waals surface area contributed by atoms with Gasteiger partial charge >= 0.3 is 0 Å². The van der Waals surface area contributed by atoms with E-state index in [4.69, 9.17) is 20.6 Å². The van der Waals surface area contributed by atoms with Crippen LogP contribution in [0.25, 0.3) is 27.5 Å². The van der Waals surface area contributed by atoms with Crippen molar-refractivity contribution in [1.82, 2.24) is 5.32 Å². The molecule has 266 valence electrons. The summed E-state index contributed by atoms with van der Waals surface area (Å²) in [7, 11) is 0. The number of para-hydroxylation sites is 1. The van der Waals surface area contributed by atoms with Crippen LogP contribution in [0.3, 0.4) is 0 Å². The van der Waals surface area contributed by atoms with Crippen molar-refractivity contribution < 1.29 is 9.15 Å². The van der Waals surface area contributed by atoms with Crippen molar-refractivity contribution in [3.05, 3.63) is 162 Å². The second-order valence-corrected chi connectivity index (χ2v) is 14.8. The second-order valence-electron chi connectivity index (χ2n) is 14.8. The zero-order chi connectivity index (χ0) is 36.1. The molecule has 0 radical (unpaired) electrons. The number of nitrogens with zero attached hydrogens (tertiary/aromatic N) is 1. The average molecular weight is 697 g/mol. The SMILES string of the molecule is C#CC(CCCC)C1N=C(c2ccccc2)C=C(C2=C(c3ccc4oc5ccccc5c4c3)CC=CC([C@H]3CCC4OC(=C)/C=C\C=C/CC4C3)=C2)N1. The molecule has 2 aliphatic carbocycles. The molecule has 3 heterocycles. The predicted octanol–water partition coefficient (Wildman–Crippen LogP) is 11.8. The Balaban J connectivity index is 1.25. The number of rotatable bonds is 8. The van der Waals surface area contributed by atoms with E-state index < -0.39 is 0 Å². The van der Waals surface area contributed by atoms with Gasteiger partial charge in [0.25, 0.3) is 0 Å². The van der Waals surface area contributed by atoms with E-state index in [2.05, 4.69) is 122 Å². The first-order valence-corrected chi connectivity index (χ1v) is 19.4. The predicted molar refractivity (Wildman–Crippen MR) is 220 cm³/mol. The van der Waals surface area contributed by atoms with E-state index in [0.717, 1.165) is 96.0 Å². The van der Waals surface area contributed by atoms with E-state index >= 15 is 0 Å². The minimum absolute atomic E-state index is 0.0293. The van der Waals surface area contributed by atoms with Crippen LogP contribution in [0.1, 0.15) is 69.4 Å². The lowest BCUT2D eigenvalue weighted by molar-refractivity contribution is 0.0303. The van der Waals surface area contributed by atoms with E-state index in [-0.39, 0.29) is 18.2 Å². The number of allylic oxidation sites excluding steroid dienone is 10. The van der Waals surface area contributed by atoms with Gasteiger partial charge in [0.2, 0.25) is 0 Å². The Morgan fingerprint density at radius 1 is 0.925 bits per heavy atom. The normalized spacial score (nSPS) is 24.9. The summed E-state index contributed by atoms with van der Waals surface area (Å²) < 4.78 is 12.6. The van der Waals surface area contributed by atoms with Crippen molar-refractivity contribution >= 4 is 33.2 Å². The van der Waals surface area contributed by atoms with Gasteiger partial charge in [-0.2, -0.15) is 0 Å². The molecule has 0 bridgehead atoms. The molecule has 8 rings (SSSR count). The Bertz CT molecular complexity index is 2270. The van der Waals surface area contributed by atoms with Crippen molar-refractivity contribution in [3.63, 3.8) is 0 Å². The number of benzene rings is 3. The highest BCUT2D eigenvalue weighted by Crippen LogP contribution is 2.42. The minimum atomic E-state index is -0.233. The summed E-state index contributed by atoms with van der Waals surface area (Å²) in [5, 5.41) is 6.17. The first-order chi connectivity index (χ1) is 26.1. The average Bonchev–Trinajstić information content (AvgIpc) is 3.46. The van der Waals surface area contributed by atoms with Gasteiger partial charge in [-0.05, 0) is 109 Å². The van der Waals surface area contributed by atoms with Crippen LogP contribution < -0.4 is 5.32 Å². The molecule has 4 heteroatoms. The van der Waals surface area contributed by atoms with Gasteiger partial charge in [-0.25, -0.2) is 0 Å². The maximum Gasteiger partial charge on any atom is 0.135 e. The molecular formula is C49H48N2O2. The van der Waals surface area contributed by atoms with Crippen LogP contribution in [0.5, 0.6) is 0 Å². The number of hydrogen-bond donors (Lipinski definition) is 1. The number of unbranched alkanes of at least 4 members (excludes halogenated alkanes) is 1. The maximum absolute atomic E-state index is 6.39. The van der Waals surface area contributed by atoms with Gasteiger partial charge in [0, 0.05) is 22.0 Å². The molecule has 5 atom stereocenters. The summed E-state index contributed by atoms with van der Waals surface area (Å²) in [5.74, 6) is 4.67. The summed E-state index contributed by atoms with van der Waals surface area (Å²) in [6.45, 7) is 6.37. The van der Waals surface area contributed by atoms with Crippen LogP contribution in [-0.2, 0) is 4.74 Å². The highest BCUT2D eigenvalue weighted by molar-refractivity contribution is 6.10. The van der Waals surface area contributed by atoms with Gasteiger partial charge in [-0.3, -0.25) is 4.99 Å². The highest BCUT2D eigenvalue weighted by atomic mass is 16.5. The number of hydrogen-bond acceptors (Lipinski definition) is 4. The zero-order valence-electron chi connectivity index (χ0n) is 30.6. The zero-order valence-corrected chi connectivity index (χ0v) is 30.6. The van der Waals surface area contributed by atoms with Gasteiger partial charge in [0.05, 0.1) is 11.6 Å². The number of furan rings is 1. The number of terminal acetylenes is 1. The quantitative estimate of drug-likeness (QED) is 0.187. The van der Waals surface area contributed by atoms with E-state index in [0.29, 0.717) is 11.8 Å². The number of ether oxygens (including phenoxy) is 1. The molecule has 2 aliphatic heterocycles. The van der Waals surface area contributed by atoms with Gasteiger partial charge in [-0.1, -0.05) is 117 Å².